The zero-order valence-corrected chi connectivity index (χ0v) is 13.5. The molecule has 0 aromatic heterocycles. The van der Waals surface area contributed by atoms with Gasteiger partial charge in [-0.1, -0.05) is 12.1 Å². The van der Waals surface area contributed by atoms with E-state index in [4.69, 9.17) is 5.11 Å². The molecule has 21 heavy (non-hydrogen) atoms. The molecule has 0 radical (unpaired) electrons. The largest absolute Gasteiger partial charge is 0.395 e. The fraction of sp³-hybridized carbons (Fsp3) is 0.500. The summed E-state index contributed by atoms with van der Waals surface area (Å²) in [7, 11) is -3.19. The summed E-state index contributed by atoms with van der Waals surface area (Å²) < 4.78 is 23.1. The van der Waals surface area contributed by atoms with E-state index in [1.54, 1.807) is 19.1 Å². The number of rotatable bonds is 6. The lowest BCUT2D eigenvalue weighted by molar-refractivity contribution is 0.300. The lowest BCUT2D eigenvalue weighted by atomic mass is 10.1. The number of hydrogen-bond donors (Lipinski definition) is 3. The quantitative estimate of drug-likeness (QED) is 0.524. The van der Waals surface area contributed by atoms with Gasteiger partial charge in [0.15, 0.2) is 15.8 Å². The van der Waals surface area contributed by atoms with E-state index >= 15 is 0 Å². The standard InChI is InChI=1S/C14H23N3O3S/c1-4-15-14(16-7-8-18)17-10-12-5-6-13(11(2)9-12)21(3,19)20/h5-6,9,18H,4,7-8,10H2,1-3H3,(H2,15,16,17). The maximum atomic E-state index is 11.6. The average molecular weight is 313 g/mol. The van der Waals surface area contributed by atoms with Gasteiger partial charge in [0.1, 0.15) is 0 Å². The third-order valence-electron chi connectivity index (χ3n) is 2.81. The van der Waals surface area contributed by atoms with Crippen LogP contribution in [-0.2, 0) is 16.4 Å². The molecule has 0 aliphatic heterocycles. The van der Waals surface area contributed by atoms with Crippen molar-refractivity contribution >= 4 is 15.8 Å². The van der Waals surface area contributed by atoms with Gasteiger partial charge in [-0.15, -0.1) is 0 Å². The van der Waals surface area contributed by atoms with Crippen molar-refractivity contribution in [3.05, 3.63) is 29.3 Å². The second-order valence-electron chi connectivity index (χ2n) is 4.72. The summed E-state index contributed by atoms with van der Waals surface area (Å²) in [5.74, 6) is 0.622. The minimum absolute atomic E-state index is 0.0343. The molecular weight excluding hydrogens is 290 g/mol. The van der Waals surface area contributed by atoms with Gasteiger partial charge in [0.2, 0.25) is 0 Å². The van der Waals surface area contributed by atoms with Crippen molar-refractivity contribution in [2.24, 2.45) is 4.99 Å². The number of aliphatic hydroxyl groups excluding tert-OH is 1. The van der Waals surface area contributed by atoms with Crippen molar-refractivity contribution in [2.45, 2.75) is 25.3 Å². The molecule has 118 valence electrons. The predicted octanol–water partition coefficient (Wildman–Crippen LogP) is 0.446. The molecule has 1 aromatic rings. The fourth-order valence-electron chi connectivity index (χ4n) is 1.91. The van der Waals surface area contributed by atoms with Crippen molar-refractivity contribution in [1.29, 1.82) is 0 Å². The first-order valence-corrected chi connectivity index (χ1v) is 8.70. The number of aliphatic hydroxyl groups is 1. The highest BCUT2D eigenvalue weighted by Crippen LogP contribution is 2.17. The zero-order chi connectivity index (χ0) is 15.9. The molecule has 7 heteroatoms. The van der Waals surface area contributed by atoms with Gasteiger partial charge in [-0.3, -0.25) is 0 Å². The summed E-state index contributed by atoms with van der Waals surface area (Å²) in [6, 6.07) is 5.21. The first kappa shape index (κ1) is 17.5. The Kier molecular flexibility index (Phi) is 6.64. The number of sulfone groups is 1. The van der Waals surface area contributed by atoms with Crippen LogP contribution in [0, 0.1) is 6.92 Å². The molecule has 0 saturated carbocycles. The summed E-state index contributed by atoms with van der Waals surface area (Å²) in [6.07, 6.45) is 1.20. The minimum atomic E-state index is -3.19. The molecule has 0 heterocycles. The van der Waals surface area contributed by atoms with Crippen LogP contribution in [0.25, 0.3) is 0 Å². The van der Waals surface area contributed by atoms with E-state index in [-0.39, 0.29) is 6.61 Å². The van der Waals surface area contributed by atoms with Gasteiger partial charge in [0.05, 0.1) is 18.0 Å². The smallest absolute Gasteiger partial charge is 0.191 e. The number of aryl methyl sites for hydroxylation is 1. The fourth-order valence-corrected chi connectivity index (χ4v) is 2.87. The van der Waals surface area contributed by atoms with Gasteiger partial charge < -0.3 is 15.7 Å². The molecule has 0 aliphatic rings. The lowest BCUT2D eigenvalue weighted by Crippen LogP contribution is -2.38. The number of aliphatic imine (C=N–C) groups is 1. The van der Waals surface area contributed by atoms with E-state index in [1.165, 1.54) is 6.26 Å². The SMILES string of the molecule is CCNC(=NCc1ccc(S(C)(=O)=O)c(C)c1)NCCO. The van der Waals surface area contributed by atoms with E-state index < -0.39 is 9.84 Å². The maximum absolute atomic E-state index is 11.6. The number of nitrogens with zero attached hydrogens (tertiary/aromatic N) is 1. The molecule has 0 bridgehead atoms. The van der Waals surface area contributed by atoms with E-state index in [9.17, 15) is 8.42 Å². The van der Waals surface area contributed by atoms with Crippen molar-refractivity contribution in [1.82, 2.24) is 10.6 Å². The zero-order valence-electron chi connectivity index (χ0n) is 12.7. The van der Waals surface area contributed by atoms with Crippen LogP contribution in [0.3, 0.4) is 0 Å². The Bertz CT molecular complexity index is 597. The summed E-state index contributed by atoms with van der Waals surface area (Å²) in [6.45, 7) is 5.36. The van der Waals surface area contributed by atoms with Crippen LogP contribution in [0.1, 0.15) is 18.1 Å². The van der Waals surface area contributed by atoms with Gasteiger partial charge in [0, 0.05) is 19.3 Å². The van der Waals surface area contributed by atoms with Gasteiger partial charge in [-0.25, -0.2) is 13.4 Å². The molecule has 1 aromatic carbocycles. The average Bonchev–Trinajstić information content (AvgIpc) is 2.40. The molecule has 0 fully saturated rings. The van der Waals surface area contributed by atoms with E-state index in [1.807, 2.05) is 13.0 Å². The molecule has 1 rings (SSSR count). The molecule has 0 aliphatic carbocycles. The van der Waals surface area contributed by atoms with Gasteiger partial charge in [-0.05, 0) is 31.0 Å². The second kappa shape index (κ2) is 7.99. The molecule has 6 nitrogen and oxygen atoms in total. The monoisotopic (exact) mass is 313 g/mol. The first-order chi connectivity index (χ1) is 9.88. The second-order valence-corrected chi connectivity index (χ2v) is 6.70. The van der Waals surface area contributed by atoms with E-state index in [0.29, 0.717) is 23.9 Å². The van der Waals surface area contributed by atoms with Crippen LogP contribution < -0.4 is 10.6 Å². The Morgan fingerprint density at radius 3 is 2.57 bits per heavy atom. The summed E-state index contributed by atoms with van der Waals surface area (Å²) in [5.41, 5.74) is 1.65. The lowest BCUT2D eigenvalue weighted by Gasteiger charge is -2.10. The molecule has 0 amide bonds. The first-order valence-electron chi connectivity index (χ1n) is 6.81. The van der Waals surface area contributed by atoms with Gasteiger partial charge in [0.25, 0.3) is 0 Å². The maximum Gasteiger partial charge on any atom is 0.191 e. The Morgan fingerprint density at radius 1 is 1.33 bits per heavy atom. The van der Waals surface area contributed by atoms with Crippen molar-refractivity contribution < 1.29 is 13.5 Å². The number of hydrogen-bond acceptors (Lipinski definition) is 4. The van der Waals surface area contributed by atoms with Crippen LogP contribution in [0.5, 0.6) is 0 Å². The van der Waals surface area contributed by atoms with E-state index in [2.05, 4.69) is 15.6 Å². The summed E-state index contributed by atoms with van der Waals surface area (Å²) in [4.78, 5) is 4.74. The van der Waals surface area contributed by atoms with Crippen LogP contribution in [-0.4, -0.2) is 45.4 Å². The number of nitrogens with one attached hydrogen (secondary N) is 2. The third-order valence-corrected chi connectivity index (χ3v) is 4.06. The normalized spacial score (nSPS) is 12.3. The van der Waals surface area contributed by atoms with Crippen molar-refractivity contribution in [3.63, 3.8) is 0 Å². The highest BCUT2D eigenvalue weighted by Gasteiger charge is 2.10. The number of benzene rings is 1. The topological polar surface area (TPSA) is 90.8 Å². The van der Waals surface area contributed by atoms with Crippen LogP contribution >= 0.6 is 0 Å². The molecule has 0 saturated heterocycles. The van der Waals surface area contributed by atoms with Crippen molar-refractivity contribution in [2.75, 3.05) is 26.0 Å². The Labute approximate surface area is 126 Å². The van der Waals surface area contributed by atoms with Crippen LogP contribution in [0.4, 0.5) is 0 Å². The predicted molar refractivity (Wildman–Crippen MR) is 84.2 cm³/mol. The van der Waals surface area contributed by atoms with E-state index in [0.717, 1.165) is 17.7 Å². The third kappa shape index (κ3) is 5.73. The highest BCUT2D eigenvalue weighted by molar-refractivity contribution is 7.90. The highest BCUT2D eigenvalue weighted by atomic mass is 32.2. The molecule has 0 unspecified atom stereocenters. The molecule has 0 spiro atoms. The molecule has 3 N–H and O–H groups in total. The van der Waals surface area contributed by atoms with Gasteiger partial charge in [-0.2, -0.15) is 0 Å². The molecule has 0 atom stereocenters. The van der Waals surface area contributed by atoms with Crippen LogP contribution in [0.15, 0.2) is 28.1 Å². The molecular formula is C14H23N3O3S. The summed E-state index contributed by atoms with van der Waals surface area (Å²) >= 11 is 0. The Balaban J connectivity index is 2.85. The Morgan fingerprint density at radius 2 is 2.05 bits per heavy atom. The minimum Gasteiger partial charge on any atom is -0.395 e. The van der Waals surface area contributed by atoms with Crippen molar-refractivity contribution in [3.8, 4) is 0 Å². The van der Waals surface area contributed by atoms with Crippen LogP contribution in [0.2, 0.25) is 0 Å². The number of guanidine groups is 1. The Hall–Kier alpha value is -1.60. The van der Waals surface area contributed by atoms with Gasteiger partial charge >= 0.3 is 0 Å². The summed E-state index contributed by atoms with van der Waals surface area (Å²) in [5, 5.41) is 14.9.